The van der Waals surface area contributed by atoms with E-state index in [0.717, 1.165) is 54.0 Å². The second kappa shape index (κ2) is 6.51. The number of thiophene rings is 1. The van der Waals surface area contributed by atoms with Gasteiger partial charge in [0.05, 0.1) is 11.1 Å². The number of benzene rings is 1. The molecule has 0 aliphatic heterocycles. The molecule has 0 saturated carbocycles. The van der Waals surface area contributed by atoms with E-state index < -0.39 is 23.6 Å². The predicted molar refractivity (Wildman–Crippen MR) is 87.3 cm³/mol. The number of aryl methyl sites for hydroxylation is 1. The summed E-state index contributed by atoms with van der Waals surface area (Å²) in [5.41, 5.74) is 0.0454. The summed E-state index contributed by atoms with van der Waals surface area (Å²) in [5, 5.41) is 12.2. The van der Waals surface area contributed by atoms with E-state index in [1.54, 1.807) is 0 Å². The SMILES string of the molecule is O=C(Nc1sc2c(c1C(=O)O)CCCC2)c1ccc(C(F)(F)F)cc1. The average Bonchev–Trinajstić information content (AvgIpc) is 2.92. The standard InChI is InChI=1S/C17H14F3NO3S/c18-17(19,20)10-7-5-9(6-8-10)14(22)21-15-13(16(23)24)11-3-1-2-4-12(11)25-15/h5-8H,1-4H2,(H,21,22)(H,23,24). The minimum atomic E-state index is -4.47. The van der Waals surface area contributed by atoms with Gasteiger partial charge in [0.25, 0.3) is 5.91 Å². The lowest BCUT2D eigenvalue weighted by molar-refractivity contribution is -0.137. The molecule has 2 aromatic rings. The molecule has 1 aliphatic carbocycles. The van der Waals surface area contributed by atoms with E-state index in [9.17, 15) is 27.9 Å². The summed E-state index contributed by atoms with van der Waals surface area (Å²) in [6.07, 6.45) is -1.17. The third kappa shape index (κ3) is 3.53. The normalized spacial score (nSPS) is 14.0. The van der Waals surface area contributed by atoms with Gasteiger partial charge in [-0.25, -0.2) is 4.79 Å². The van der Waals surface area contributed by atoms with Crippen LogP contribution in [0.1, 0.15) is 49.6 Å². The first kappa shape index (κ1) is 17.5. The summed E-state index contributed by atoms with van der Waals surface area (Å²) in [6.45, 7) is 0. The third-order valence-corrected chi connectivity index (χ3v) is 5.29. The molecular formula is C17H14F3NO3S. The fourth-order valence-electron chi connectivity index (χ4n) is 2.87. The van der Waals surface area contributed by atoms with Gasteiger partial charge in [-0.2, -0.15) is 13.2 Å². The molecule has 2 N–H and O–H groups in total. The molecule has 1 heterocycles. The molecule has 25 heavy (non-hydrogen) atoms. The number of hydrogen-bond donors (Lipinski definition) is 2. The Hall–Kier alpha value is -2.35. The van der Waals surface area contributed by atoms with Gasteiger partial charge in [-0.3, -0.25) is 4.79 Å². The number of rotatable bonds is 3. The van der Waals surface area contributed by atoms with E-state index in [0.29, 0.717) is 6.42 Å². The minimum absolute atomic E-state index is 0.0377. The topological polar surface area (TPSA) is 66.4 Å². The highest BCUT2D eigenvalue weighted by atomic mass is 32.1. The first-order valence-electron chi connectivity index (χ1n) is 7.64. The van der Waals surface area contributed by atoms with Crippen molar-refractivity contribution in [3.05, 3.63) is 51.4 Å². The van der Waals surface area contributed by atoms with Crippen LogP contribution in [0.4, 0.5) is 18.2 Å². The second-order valence-corrected chi connectivity index (χ2v) is 6.85. The van der Waals surface area contributed by atoms with Gasteiger partial charge in [0.1, 0.15) is 5.00 Å². The number of nitrogens with one attached hydrogen (secondary N) is 1. The van der Waals surface area contributed by atoms with E-state index >= 15 is 0 Å². The van der Waals surface area contributed by atoms with Crippen LogP contribution in [-0.4, -0.2) is 17.0 Å². The Morgan fingerprint density at radius 1 is 1.08 bits per heavy atom. The maximum absolute atomic E-state index is 12.6. The fraction of sp³-hybridized carbons (Fsp3) is 0.294. The molecule has 0 bridgehead atoms. The van der Waals surface area contributed by atoms with Crippen LogP contribution < -0.4 is 5.32 Å². The van der Waals surface area contributed by atoms with Crippen LogP contribution in [0.25, 0.3) is 0 Å². The Labute approximate surface area is 145 Å². The summed E-state index contributed by atoms with van der Waals surface area (Å²) in [6, 6.07) is 3.80. The lowest BCUT2D eigenvalue weighted by atomic mass is 9.95. The molecule has 1 aromatic heterocycles. The molecule has 1 amide bonds. The van der Waals surface area contributed by atoms with Crippen LogP contribution in [0.5, 0.6) is 0 Å². The van der Waals surface area contributed by atoms with Crippen LogP contribution in [-0.2, 0) is 19.0 Å². The summed E-state index contributed by atoms with van der Waals surface area (Å²) in [5.74, 6) is -1.74. The van der Waals surface area contributed by atoms with Crippen LogP contribution in [0.2, 0.25) is 0 Å². The zero-order valence-electron chi connectivity index (χ0n) is 12.9. The summed E-state index contributed by atoms with van der Waals surface area (Å²) in [7, 11) is 0. The summed E-state index contributed by atoms with van der Waals surface area (Å²) >= 11 is 1.23. The van der Waals surface area contributed by atoms with Gasteiger partial charge in [0.15, 0.2) is 0 Å². The smallest absolute Gasteiger partial charge is 0.416 e. The van der Waals surface area contributed by atoms with Crippen molar-refractivity contribution in [2.45, 2.75) is 31.9 Å². The Morgan fingerprint density at radius 3 is 2.32 bits per heavy atom. The van der Waals surface area contributed by atoms with Gasteiger partial charge in [-0.05, 0) is 55.5 Å². The molecule has 132 valence electrons. The molecule has 1 aliphatic rings. The Balaban J connectivity index is 1.86. The first-order chi connectivity index (χ1) is 11.8. The lowest BCUT2D eigenvalue weighted by Crippen LogP contribution is -2.14. The summed E-state index contributed by atoms with van der Waals surface area (Å²) in [4.78, 5) is 24.8. The molecule has 1 aromatic carbocycles. The molecule has 0 saturated heterocycles. The van der Waals surface area contributed by atoms with Gasteiger partial charge in [0.2, 0.25) is 0 Å². The van der Waals surface area contributed by atoms with Gasteiger partial charge in [-0.1, -0.05) is 0 Å². The highest BCUT2D eigenvalue weighted by Crippen LogP contribution is 2.38. The van der Waals surface area contributed by atoms with Crippen molar-refractivity contribution in [1.82, 2.24) is 0 Å². The first-order valence-corrected chi connectivity index (χ1v) is 8.45. The van der Waals surface area contributed by atoms with Gasteiger partial charge < -0.3 is 10.4 Å². The molecule has 4 nitrogen and oxygen atoms in total. The molecular weight excluding hydrogens is 355 g/mol. The van der Waals surface area contributed by atoms with E-state index in [4.69, 9.17) is 0 Å². The lowest BCUT2D eigenvalue weighted by Gasteiger charge is -2.10. The molecule has 0 spiro atoms. The van der Waals surface area contributed by atoms with Gasteiger partial charge >= 0.3 is 12.1 Å². The monoisotopic (exact) mass is 369 g/mol. The number of alkyl halides is 3. The van der Waals surface area contributed by atoms with Crippen molar-refractivity contribution in [1.29, 1.82) is 0 Å². The van der Waals surface area contributed by atoms with Gasteiger partial charge in [0, 0.05) is 10.4 Å². The number of amides is 1. The van der Waals surface area contributed by atoms with Gasteiger partial charge in [-0.15, -0.1) is 11.3 Å². The van der Waals surface area contributed by atoms with E-state index in [2.05, 4.69) is 5.32 Å². The Kier molecular flexibility index (Phi) is 4.55. The van der Waals surface area contributed by atoms with Crippen LogP contribution in [0.15, 0.2) is 24.3 Å². The molecule has 8 heteroatoms. The van der Waals surface area contributed by atoms with Crippen molar-refractivity contribution >= 4 is 28.2 Å². The van der Waals surface area contributed by atoms with E-state index in [1.165, 1.54) is 11.3 Å². The van der Waals surface area contributed by atoms with Crippen molar-refractivity contribution in [3.63, 3.8) is 0 Å². The number of halogens is 3. The Morgan fingerprint density at radius 2 is 1.72 bits per heavy atom. The number of anilines is 1. The van der Waals surface area contributed by atoms with Crippen LogP contribution in [0, 0.1) is 0 Å². The fourth-order valence-corrected chi connectivity index (χ4v) is 4.14. The number of aromatic carboxylic acids is 1. The molecule has 0 atom stereocenters. The van der Waals surface area contributed by atoms with Crippen molar-refractivity contribution < 1.29 is 27.9 Å². The zero-order chi connectivity index (χ0) is 18.2. The predicted octanol–water partition coefficient (Wildman–Crippen LogP) is 4.60. The second-order valence-electron chi connectivity index (χ2n) is 5.75. The quantitative estimate of drug-likeness (QED) is 0.831. The van der Waals surface area contributed by atoms with Crippen molar-refractivity contribution in [2.75, 3.05) is 5.32 Å². The van der Waals surface area contributed by atoms with Crippen LogP contribution in [0.3, 0.4) is 0 Å². The number of hydrogen-bond acceptors (Lipinski definition) is 3. The largest absolute Gasteiger partial charge is 0.478 e. The number of carboxylic acid groups (broad SMARTS) is 1. The third-order valence-electron chi connectivity index (χ3n) is 4.09. The molecule has 0 fully saturated rings. The van der Waals surface area contributed by atoms with E-state index in [1.807, 2.05) is 0 Å². The maximum Gasteiger partial charge on any atom is 0.416 e. The van der Waals surface area contributed by atoms with Crippen molar-refractivity contribution in [3.8, 4) is 0 Å². The molecule has 3 rings (SSSR count). The van der Waals surface area contributed by atoms with Crippen molar-refractivity contribution in [2.24, 2.45) is 0 Å². The van der Waals surface area contributed by atoms with Crippen LogP contribution >= 0.6 is 11.3 Å². The summed E-state index contributed by atoms with van der Waals surface area (Å²) < 4.78 is 37.7. The minimum Gasteiger partial charge on any atom is -0.478 e. The Bertz CT molecular complexity index is 825. The molecule has 0 unspecified atom stereocenters. The number of fused-ring (bicyclic) bond motifs is 1. The maximum atomic E-state index is 12.6. The highest BCUT2D eigenvalue weighted by molar-refractivity contribution is 7.17. The van der Waals surface area contributed by atoms with E-state index in [-0.39, 0.29) is 16.1 Å². The zero-order valence-corrected chi connectivity index (χ0v) is 13.8. The molecule has 0 radical (unpaired) electrons. The number of carbonyl (C=O) groups excluding carboxylic acids is 1. The average molecular weight is 369 g/mol. The number of carbonyl (C=O) groups is 2. The number of carboxylic acids is 1. The highest BCUT2D eigenvalue weighted by Gasteiger charge is 2.30.